The van der Waals surface area contributed by atoms with Gasteiger partial charge in [0.1, 0.15) is 0 Å². The van der Waals surface area contributed by atoms with E-state index in [2.05, 4.69) is 35.1 Å². The summed E-state index contributed by atoms with van der Waals surface area (Å²) in [6.45, 7) is 2.24. The lowest BCUT2D eigenvalue weighted by atomic mass is 10.1. The van der Waals surface area contributed by atoms with Crippen molar-refractivity contribution < 1.29 is 0 Å². The maximum Gasteiger partial charge on any atom is 0.0889 e. The van der Waals surface area contributed by atoms with Crippen LogP contribution < -0.4 is 0 Å². The molecule has 2 aromatic rings. The minimum atomic E-state index is 0.986. The van der Waals surface area contributed by atoms with Gasteiger partial charge < -0.3 is 0 Å². The van der Waals surface area contributed by atoms with E-state index in [0.717, 1.165) is 17.5 Å². The molecule has 0 radical (unpaired) electrons. The van der Waals surface area contributed by atoms with Crippen molar-refractivity contribution in [2.24, 2.45) is 0 Å². The maximum atomic E-state index is 4.32. The summed E-state index contributed by atoms with van der Waals surface area (Å²) in [6, 6.07) is 6.40. The lowest BCUT2D eigenvalue weighted by Crippen LogP contribution is -1.88. The van der Waals surface area contributed by atoms with Crippen LogP contribution in [0.25, 0.3) is 11.0 Å². The molecule has 1 aromatic carbocycles. The van der Waals surface area contributed by atoms with E-state index in [1.54, 1.807) is 12.4 Å². The summed E-state index contributed by atoms with van der Waals surface area (Å²) in [5.74, 6) is 0. The first-order chi connectivity index (χ1) is 7.90. The average molecular weight is 214 g/mol. The number of unbranched alkanes of at least 4 members (excludes halogenated alkanes) is 3. The van der Waals surface area contributed by atoms with Gasteiger partial charge in [0.15, 0.2) is 0 Å². The van der Waals surface area contributed by atoms with Crippen molar-refractivity contribution in [3.63, 3.8) is 0 Å². The number of aromatic nitrogens is 2. The lowest BCUT2D eigenvalue weighted by molar-refractivity contribution is 0.667. The lowest BCUT2D eigenvalue weighted by Gasteiger charge is -2.02. The minimum absolute atomic E-state index is 0.986. The summed E-state index contributed by atoms with van der Waals surface area (Å²) in [5.41, 5.74) is 3.37. The predicted molar refractivity (Wildman–Crippen MR) is 67.4 cm³/mol. The van der Waals surface area contributed by atoms with Crippen LogP contribution in [0.3, 0.4) is 0 Å². The second-order valence-corrected chi connectivity index (χ2v) is 4.19. The van der Waals surface area contributed by atoms with Gasteiger partial charge in [-0.3, -0.25) is 9.97 Å². The molecule has 0 bridgehead atoms. The topological polar surface area (TPSA) is 25.8 Å². The van der Waals surface area contributed by atoms with Gasteiger partial charge in [-0.05, 0) is 30.5 Å². The van der Waals surface area contributed by atoms with Crippen molar-refractivity contribution in [3.05, 3.63) is 36.2 Å². The van der Waals surface area contributed by atoms with Crippen molar-refractivity contribution >= 4 is 11.0 Å². The smallest absolute Gasteiger partial charge is 0.0889 e. The SMILES string of the molecule is CCCCCCc1ccc2nccnc2c1. The molecule has 0 saturated carbocycles. The minimum Gasteiger partial charge on any atom is -0.253 e. The Morgan fingerprint density at radius 3 is 2.56 bits per heavy atom. The summed E-state index contributed by atoms with van der Waals surface area (Å²) in [5, 5.41) is 0. The molecule has 0 aliphatic heterocycles. The molecule has 16 heavy (non-hydrogen) atoms. The Morgan fingerprint density at radius 1 is 0.938 bits per heavy atom. The highest BCUT2D eigenvalue weighted by molar-refractivity contribution is 5.74. The third-order valence-electron chi connectivity index (χ3n) is 2.85. The number of fused-ring (bicyclic) bond motifs is 1. The van der Waals surface area contributed by atoms with E-state index in [9.17, 15) is 0 Å². The molecule has 0 fully saturated rings. The van der Waals surface area contributed by atoms with Gasteiger partial charge in [0.05, 0.1) is 11.0 Å². The Morgan fingerprint density at radius 2 is 1.75 bits per heavy atom. The van der Waals surface area contributed by atoms with E-state index < -0.39 is 0 Å². The molecule has 1 aromatic heterocycles. The molecular formula is C14H18N2. The number of aryl methyl sites for hydroxylation is 1. The number of hydrogen-bond donors (Lipinski definition) is 0. The second kappa shape index (κ2) is 5.59. The summed E-state index contributed by atoms with van der Waals surface area (Å²) < 4.78 is 0. The predicted octanol–water partition coefficient (Wildman–Crippen LogP) is 3.75. The third-order valence-corrected chi connectivity index (χ3v) is 2.85. The molecule has 0 amide bonds. The third kappa shape index (κ3) is 2.78. The van der Waals surface area contributed by atoms with Crippen LogP contribution in [0.15, 0.2) is 30.6 Å². The van der Waals surface area contributed by atoms with Gasteiger partial charge in [-0.15, -0.1) is 0 Å². The molecule has 0 aliphatic rings. The molecule has 1 heterocycles. The van der Waals surface area contributed by atoms with Crippen LogP contribution in [-0.4, -0.2) is 9.97 Å². The molecule has 0 aliphatic carbocycles. The Kier molecular flexibility index (Phi) is 3.86. The van der Waals surface area contributed by atoms with Crippen molar-refractivity contribution in [2.45, 2.75) is 39.0 Å². The van der Waals surface area contributed by atoms with Gasteiger partial charge >= 0.3 is 0 Å². The average Bonchev–Trinajstić information content (AvgIpc) is 2.34. The van der Waals surface area contributed by atoms with Crippen molar-refractivity contribution in [3.8, 4) is 0 Å². The highest BCUT2D eigenvalue weighted by atomic mass is 14.8. The molecule has 0 N–H and O–H groups in total. The molecule has 2 rings (SSSR count). The zero-order valence-electron chi connectivity index (χ0n) is 9.82. The highest BCUT2D eigenvalue weighted by Gasteiger charge is 1.98. The fourth-order valence-corrected chi connectivity index (χ4v) is 1.92. The van der Waals surface area contributed by atoms with E-state index in [4.69, 9.17) is 0 Å². The molecule has 2 heteroatoms. The molecule has 84 valence electrons. The van der Waals surface area contributed by atoms with E-state index in [1.165, 1.54) is 31.2 Å². The van der Waals surface area contributed by atoms with Crippen molar-refractivity contribution in [2.75, 3.05) is 0 Å². The maximum absolute atomic E-state index is 4.32. The van der Waals surface area contributed by atoms with Crippen LogP contribution in [0.4, 0.5) is 0 Å². The Bertz CT molecular complexity index is 451. The summed E-state index contributed by atoms with van der Waals surface area (Å²) in [6.07, 6.45) is 9.89. The molecule has 0 unspecified atom stereocenters. The van der Waals surface area contributed by atoms with Crippen molar-refractivity contribution in [1.82, 2.24) is 9.97 Å². The largest absolute Gasteiger partial charge is 0.253 e. The first-order valence-electron chi connectivity index (χ1n) is 6.10. The zero-order valence-corrected chi connectivity index (χ0v) is 9.82. The van der Waals surface area contributed by atoms with Crippen molar-refractivity contribution in [1.29, 1.82) is 0 Å². The number of hydrogen-bond acceptors (Lipinski definition) is 2. The quantitative estimate of drug-likeness (QED) is 0.708. The molecule has 2 nitrogen and oxygen atoms in total. The van der Waals surface area contributed by atoms with Gasteiger partial charge in [-0.2, -0.15) is 0 Å². The van der Waals surface area contributed by atoms with Crippen LogP contribution in [0, 0.1) is 0 Å². The van der Waals surface area contributed by atoms with Crippen LogP contribution in [0.5, 0.6) is 0 Å². The van der Waals surface area contributed by atoms with Gasteiger partial charge in [0, 0.05) is 12.4 Å². The summed E-state index contributed by atoms with van der Waals surface area (Å²) >= 11 is 0. The van der Waals surface area contributed by atoms with Crippen LogP contribution in [0.2, 0.25) is 0 Å². The van der Waals surface area contributed by atoms with Crippen LogP contribution >= 0.6 is 0 Å². The van der Waals surface area contributed by atoms with Gasteiger partial charge in [0.25, 0.3) is 0 Å². The summed E-state index contributed by atoms with van der Waals surface area (Å²) in [7, 11) is 0. The van der Waals surface area contributed by atoms with Crippen LogP contribution in [-0.2, 0) is 6.42 Å². The molecule has 0 spiro atoms. The monoisotopic (exact) mass is 214 g/mol. The second-order valence-electron chi connectivity index (χ2n) is 4.19. The highest BCUT2D eigenvalue weighted by Crippen LogP contribution is 2.13. The number of nitrogens with zero attached hydrogens (tertiary/aromatic N) is 2. The van der Waals surface area contributed by atoms with Gasteiger partial charge in [-0.25, -0.2) is 0 Å². The normalized spacial score (nSPS) is 10.8. The Labute approximate surface area is 96.7 Å². The fraction of sp³-hybridized carbons (Fsp3) is 0.429. The number of benzene rings is 1. The zero-order chi connectivity index (χ0) is 11.2. The fourth-order valence-electron chi connectivity index (χ4n) is 1.92. The van der Waals surface area contributed by atoms with E-state index in [0.29, 0.717) is 0 Å². The Balaban J connectivity index is 2.02. The van der Waals surface area contributed by atoms with Gasteiger partial charge in [-0.1, -0.05) is 32.3 Å². The van der Waals surface area contributed by atoms with E-state index in [-0.39, 0.29) is 0 Å². The standard InChI is InChI=1S/C14H18N2/c1-2-3-4-5-6-12-7-8-13-14(11-12)16-10-9-15-13/h7-11H,2-6H2,1H3. The first kappa shape index (κ1) is 11.1. The van der Waals surface area contributed by atoms with Gasteiger partial charge in [0.2, 0.25) is 0 Å². The Hall–Kier alpha value is -1.44. The number of rotatable bonds is 5. The van der Waals surface area contributed by atoms with E-state index in [1.807, 2.05) is 0 Å². The van der Waals surface area contributed by atoms with Crippen LogP contribution in [0.1, 0.15) is 38.2 Å². The molecule has 0 atom stereocenters. The molecular weight excluding hydrogens is 196 g/mol. The molecule has 0 saturated heterocycles. The van der Waals surface area contributed by atoms with E-state index >= 15 is 0 Å². The summed E-state index contributed by atoms with van der Waals surface area (Å²) in [4.78, 5) is 8.59. The first-order valence-corrected chi connectivity index (χ1v) is 6.10.